The molecular formula is C26H27ClFN3O2. The molecule has 0 aliphatic heterocycles. The average molecular weight is 468 g/mol. The minimum atomic E-state index is -0.258. The summed E-state index contributed by atoms with van der Waals surface area (Å²) in [6, 6.07) is 22.2. The molecule has 172 valence electrons. The van der Waals surface area contributed by atoms with Gasteiger partial charge in [0.15, 0.2) is 0 Å². The van der Waals surface area contributed by atoms with Crippen molar-refractivity contribution in [1.29, 1.82) is 0 Å². The van der Waals surface area contributed by atoms with Crippen LogP contribution in [0.1, 0.15) is 12.0 Å². The lowest BCUT2D eigenvalue weighted by Crippen LogP contribution is -2.18. The van der Waals surface area contributed by atoms with Crippen molar-refractivity contribution in [3.8, 4) is 17.2 Å². The summed E-state index contributed by atoms with van der Waals surface area (Å²) in [5.41, 5.74) is 2.72. The van der Waals surface area contributed by atoms with Crippen LogP contribution in [0.4, 0.5) is 10.1 Å². The lowest BCUT2D eigenvalue weighted by molar-refractivity contribution is 0.406. The predicted octanol–water partition coefficient (Wildman–Crippen LogP) is 6.19. The Morgan fingerprint density at radius 1 is 0.909 bits per heavy atom. The van der Waals surface area contributed by atoms with E-state index in [1.54, 1.807) is 19.4 Å². The summed E-state index contributed by atoms with van der Waals surface area (Å²) in [6.07, 6.45) is 2.71. The lowest BCUT2D eigenvalue weighted by atomic mass is 10.1. The third-order valence-electron chi connectivity index (χ3n) is 5.10. The van der Waals surface area contributed by atoms with E-state index in [2.05, 4.69) is 15.6 Å². The molecule has 5 nitrogen and oxygen atoms in total. The van der Waals surface area contributed by atoms with Crippen LogP contribution in [0.15, 0.2) is 79.0 Å². The van der Waals surface area contributed by atoms with Crippen molar-refractivity contribution >= 4 is 29.0 Å². The van der Waals surface area contributed by atoms with Crippen LogP contribution in [-0.2, 0) is 6.54 Å². The third-order valence-corrected chi connectivity index (χ3v) is 5.10. The minimum Gasteiger partial charge on any atom is -0.496 e. The van der Waals surface area contributed by atoms with E-state index in [9.17, 15) is 4.39 Å². The van der Waals surface area contributed by atoms with Gasteiger partial charge >= 0.3 is 0 Å². The van der Waals surface area contributed by atoms with Gasteiger partial charge in [-0.25, -0.2) is 4.39 Å². The number of hydrogen-bond donors (Lipinski definition) is 2. The minimum absolute atomic E-state index is 0. The summed E-state index contributed by atoms with van der Waals surface area (Å²) in [5.74, 6) is 1.98. The number of para-hydroxylation sites is 1. The maximum Gasteiger partial charge on any atom is 0.129 e. The van der Waals surface area contributed by atoms with E-state index in [0.29, 0.717) is 12.3 Å². The molecule has 33 heavy (non-hydrogen) atoms. The zero-order valence-corrected chi connectivity index (χ0v) is 19.2. The fourth-order valence-electron chi connectivity index (χ4n) is 3.51. The zero-order chi connectivity index (χ0) is 22.2. The lowest BCUT2D eigenvalue weighted by Gasteiger charge is -2.12. The second-order valence-electron chi connectivity index (χ2n) is 7.37. The highest BCUT2D eigenvalue weighted by Crippen LogP contribution is 2.28. The highest BCUT2D eigenvalue weighted by atomic mass is 35.5. The Labute approximate surface area is 199 Å². The molecule has 0 aliphatic carbocycles. The number of methoxy groups -OCH3 is 1. The van der Waals surface area contributed by atoms with E-state index >= 15 is 0 Å². The molecule has 0 bridgehead atoms. The van der Waals surface area contributed by atoms with Crippen LogP contribution < -0.4 is 20.1 Å². The van der Waals surface area contributed by atoms with E-state index in [4.69, 9.17) is 9.47 Å². The van der Waals surface area contributed by atoms with E-state index < -0.39 is 0 Å². The van der Waals surface area contributed by atoms with Crippen molar-refractivity contribution in [2.75, 3.05) is 25.5 Å². The van der Waals surface area contributed by atoms with Crippen molar-refractivity contribution in [1.82, 2.24) is 10.3 Å². The van der Waals surface area contributed by atoms with Crippen LogP contribution in [0.5, 0.6) is 17.2 Å². The first-order chi connectivity index (χ1) is 15.7. The Morgan fingerprint density at radius 3 is 2.58 bits per heavy atom. The van der Waals surface area contributed by atoms with Gasteiger partial charge in [-0.05, 0) is 61.5 Å². The number of ether oxygens (including phenoxy) is 2. The van der Waals surface area contributed by atoms with Crippen LogP contribution in [0.25, 0.3) is 10.9 Å². The monoisotopic (exact) mass is 467 g/mol. The highest BCUT2D eigenvalue weighted by molar-refractivity contribution is 5.91. The summed E-state index contributed by atoms with van der Waals surface area (Å²) in [4.78, 5) is 4.48. The summed E-state index contributed by atoms with van der Waals surface area (Å²) in [6.45, 7) is 2.16. The molecule has 3 aromatic carbocycles. The molecule has 1 heterocycles. The van der Waals surface area contributed by atoms with Crippen LogP contribution in [0, 0.1) is 5.82 Å². The molecule has 0 saturated carbocycles. The molecule has 0 amide bonds. The summed E-state index contributed by atoms with van der Waals surface area (Å²) in [7, 11) is 1.59. The molecular weight excluding hydrogens is 441 g/mol. The predicted molar refractivity (Wildman–Crippen MR) is 133 cm³/mol. The summed E-state index contributed by atoms with van der Waals surface area (Å²) in [5, 5.41) is 7.87. The van der Waals surface area contributed by atoms with Crippen LogP contribution >= 0.6 is 12.4 Å². The fourth-order valence-corrected chi connectivity index (χ4v) is 3.51. The molecule has 1 aromatic heterocycles. The largest absolute Gasteiger partial charge is 0.496 e. The molecule has 2 N–H and O–H groups in total. The van der Waals surface area contributed by atoms with Gasteiger partial charge in [0.05, 0.1) is 12.6 Å². The molecule has 0 aliphatic rings. The zero-order valence-electron chi connectivity index (χ0n) is 18.4. The quantitative estimate of drug-likeness (QED) is 0.272. The number of pyridine rings is 1. The number of nitrogens with zero attached hydrogens (tertiary/aromatic N) is 1. The number of fused-ring (bicyclic) bond motifs is 1. The first-order valence-corrected chi connectivity index (χ1v) is 10.6. The van der Waals surface area contributed by atoms with Crippen molar-refractivity contribution in [3.05, 3.63) is 90.4 Å². The van der Waals surface area contributed by atoms with E-state index in [1.165, 1.54) is 12.1 Å². The topological polar surface area (TPSA) is 55.4 Å². The molecule has 0 fully saturated rings. The first-order valence-electron chi connectivity index (χ1n) is 10.6. The van der Waals surface area contributed by atoms with Gasteiger partial charge < -0.3 is 20.1 Å². The first kappa shape index (κ1) is 24.3. The standard InChI is InChI=1S/C26H26FN3O2.ClH/c1-31-26-11-8-20(27)16-19(26)18-28-13-5-14-29-24-12-15-30-25-17-22(9-10-23(24)25)32-21-6-3-2-4-7-21;/h2-4,6-12,15-17,28H,5,13-14,18H2,1H3,(H,29,30);1H. The Bertz CT molecular complexity index is 1170. The maximum atomic E-state index is 13.5. The Kier molecular flexibility index (Phi) is 8.87. The molecule has 0 spiro atoms. The average Bonchev–Trinajstić information content (AvgIpc) is 2.82. The molecule has 4 aromatic rings. The Morgan fingerprint density at radius 2 is 1.76 bits per heavy atom. The molecule has 0 saturated heterocycles. The van der Waals surface area contributed by atoms with E-state index in [1.807, 2.05) is 54.6 Å². The molecule has 0 unspecified atom stereocenters. The van der Waals surface area contributed by atoms with Crippen LogP contribution in [-0.4, -0.2) is 25.2 Å². The highest BCUT2D eigenvalue weighted by Gasteiger charge is 2.06. The van der Waals surface area contributed by atoms with Crippen LogP contribution in [0.3, 0.4) is 0 Å². The molecule has 0 radical (unpaired) electrons. The van der Waals surface area contributed by atoms with Crippen molar-refractivity contribution in [2.24, 2.45) is 0 Å². The second kappa shape index (κ2) is 12.0. The van der Waals surface area contributed by atoms with Gasteiger partial charge in [-0.2, -0.15) is 0 Å². The second-order valence-corrected chi connectivity index (χ2v) is 7.37. The third kappa shape index (κ3) is 6.57. The number of halogens is 2. The van der Waals surface area contributed by atoms with Crippen molar-refractivity contribution in [2.45, 2.75) is 13.0 Å². The van der Waals surface area contributed by atoms with Gasteiger partial charge in [-0.15, -0.1) is 12.4 Å². The summed E-state index contributed by atoms with van der Waals surface area (Å²) < 4.78 is 24.7. The van der Waals surface area contributed by atoms with Crippen molar-refractivity contribution < 1.29 is 13.9 Å². The number of rotatable bonds is 10. The van der Waals surface area contributed by atoms with Gasteiger partial charge in [-0.1, -0.05) is 18.2 Å². The normalized spacial score (nSPS) is 10.5. The Hall–Kier alpha value is -3.35. The number of anilines is 1. The molecule has 7 heteroatoms. The number of hydrogen-bond acceptors (Lipinski definition) is 5. The van der Waals surface area contributed by atoms with Gasteiger partial charge in [0.2, 0.25) is 0 Å². The van der Waals surface area contributed by atoms with E-state index in [-0.39, 0.29) is 18.2 Å². The van der Waals surface area contributed by atoms with E-state index in [0.717, 1.165) is 53.2 Å². The molecule has 4 rings (SSSR count). The fraction of sp³-hybridized carbons (Fsp3) is 0.192. The number of benzene rings is 3. The van der Waals surface area contributed by atoms with Gasteiger partial charge in [-0.3, -0.25) is 4.98 Å². The number of nitrogens with one attached hydrogen (secondary N) is 2. The van der Waals surface area contributed by atoms with Crippen LogP contribution in [0.2, 0.25) is 0 Å². The Balaban J connectivity index is 0.00000306. The smallest absolute Gasteiger partial charge is 0.129 e. The van der Waals surface area contributed by atoms with Crippen molar-refractivity contribution in [3.63, 3.8) is 0 Å². The summed E-state index contributed by atoms with van der Waals surface area (Å²) >= 11 is 0. The van der Waals surface area contributed by atoms with Gasteiger partial charge in [0.25, 0.3) is 0 Å². The molecule has 0 atom stereocenters. The maximum absolute atomic E-state index is 13.5. The SMILES string of the molecule is COc1ccc(F)cc1CNCCCNc1ccnc2cc(Oc3ccccc3)ccc12.Cl. The number of aromatic nitrogens is 1. The van der Waals surface area contributed by atoms with Gasteiger partial charge in [0.1, 0.15) is 23.1 Å². The van der Waals surface area contributed by atoms with Gasteiger partial charge in [0, 0.05) is 42.0 Å².